The van der Waals surface area contributed by atoms with Gasteiger partial charge in [-0.25, -0.2) is 9.78 Å². The van der Waals surface area contributed by atoms with Crippen LogP contribution in [0, 0.1) is 0 Å². The maximum absolute atomic E-state index is 11.5. The van der Waals surface area contributed by atoms with Crippen LogP contribution in [-0.2, 0) is 19.8 Å². The lowest BCUT2D eigenvalue weighted by Gasteiger charge is -2.35. The second kappa shape index (κ2) is 5.77. The fraction of sp³-hybridized carbons (Fsp3) is 0.667. The third-order valence-electron chi connectivity index (χ3n) is 3.00. The van der Waals surface area contributed by atoms with E-state index in [0.29, 0.717) is 24.7 Å². The Morgan fingerprint density at radius 2 is 2.28 bits per heavy atom. The number of methoxy groups -OCH3 is 1. The predicted octanol–water partition coefficient (Wildman–Crippen LogP) is 1.97. The van der Waals surface area contributed by atoms with Gasteiger partial charge in [-0.1, -0.05) is 0 Å². The highest BCUT2D eigenvalue weighted by Crippen LogP contribution is 2.38. The molecule has 0 N–H and O–H groups in total. The Labute approximate surface area is 110 Å². The first-order valence-corrected chi connectivity index (χ1v) is 6.80. The lowest BCUT2D eigenvalue weighted by atomic mass is 9.95. The summed E-state index contributed by atoms with van der Waals surface area (Å²) >= 11 is 1.34. The van der Waals surface area contributed by atoms with Crippen molar-refractivity contribution in [2.24, 2.45) is 0 Å². The van der Waals surface area contributed by atoms with Gasteiger partial charge in [0.05, 0.1) is 13.3 Å². The molecule has 5 nitrogen and oxygen atoms in total. The van der Waals surface area contributed by atoms with Crippen LogP contribution in [0.25, 0.3) is 0 Å². The lowest BCUT2D eigenvalue weighted by molar-refractivity contribution is -0.112. The van der Waals surface area contributed by atoms with Gasteiger partial charge in [0.1, 0.15) is 15.5 Å². The summed E-state index contributed by atoms with van der Waals surface area (Å²) in [5.74, 6) is -0.350. The molecule has 0 bridgehead atoms. The second-order valence-corrected chi connectivity index (χ2v) is 5.09. The van der Waals surface area contributed by atoms with E-state index in [4.69, 9.17) is 14.2 Å². The van der Waals surface area contributed by atoms with Gasteiger partial charge in [-0.15, -0.1) is 11.3 Å². The van der Waals surface area contributed by atoms with Gasteiger partial charge >= 0.3 is 5.97 Å². The van der Waals surface area contributed by atoms with Crippen molar-refractivity contribution >= 4 is 17.3 Å². The molecule has 1 fully saturated rings. The van der Waals surface area contributed by atoms with Crippen molar-refractivity contribution in [1.82, 2.24) is 4.98 Å². The minimum Gasteiger partial charge on any atom is -0.465 e. The summed E-state index contributed by atoms with van der Waals surface area (Å²) in [6.07, 6.45) is 3.10. The van der Waals surface area contributed by atoms with Crippen LogP contribution >= 0.6 is 11.3 Å². The largest absolute Gasteiger partial charge is 0.465 e. The minimum atomic E-state index is -0.399. The Morgan fingerprint density at radius 3 is 2.89 bits per heavy atom. The van der Waals surface area contributed by atoms with Crippen LogP contribution in [0.2, 0.25) is 0 Å². The molecule has 0 aromatic carbocycles. The first-order valence-electron chi connectivity index (χ1n) is 5.98. The molecule has 0 amide bonds. The van der Waals surface area contributed by atoms with Crippen molar-refractivity contribution < 1.29 is 19.0 Å². The third-order valence-corrected chi connectivity index (χ3v) is 4.17. The number of carbonyl (C=O) groups excluding carboxylic acids is 1. The van der Waals surface area contributed by atoms with E-state index in [1.807, 2.05) is 6.92 Å². The molecular weight excluding hydrogens is 254 g/mol. The Morgan fingerprint density at radius 1 is 1.56 bits per heavy atom. The first-order chi connectivity index (χ1) is 8.72. The number of nitrogens with zero attached hydrogens (tertiary/aromatic N) is 1. The number of thiazole rings is 1. The first kappa shape index (κ1) is 13.5. The molecule has 1 aliphatic rings. The highest BCUT2D eigenvalue weighted by Gasteiger charge is 2.38. The molecule has 0 atom stereocenters. The van der Waals surface area contributed by atoms with Crippen LogP contribution in [0.1, 0.15) is 34.4 Å². The van der Waals surface area contributed by atoms with E-state index >= 15 is 0 Å². The maximum Gasteiger partial charge on any atom is 0.349 e. The van der Waals surface area contributed by atoms with Crippen LogP contribution < -0.4 is 0 Å². The number of carbonyl (C=O) groups is 1. The van der Waals surface area contributed by atoms with Gasteiger partial charge in [-0.05, 0) is 6.92 Å². The van der Waals surface area contributed by atoms with Crippen molar-refractivity contribution in [1.29, 1.82) is 0 Å². The molecule has 18 heavy (non-hydrogen) atoms. The van der Waals surface area contributed by atoms with E-state index < -0.39 is 5.60 Å². The van der Waals surface area contributed by atoms with Gasteiger partial charge < -0.3 is 14.2 Å². The second-order valence-electron chi connectivity index (χ2n) is 4.06. The van der Waals surface area contributed by atoms with E-state index in [-0.39, 0.29) is 5.97 Å². The quantitative estimate of drug-likeness (QED) is 0.784. The highest BCUT2D eigenvalue weighted by molar-refractivity contribution is 7.13. The standard InChI is InChI=1S/C12H17NO4S/c1-3-17-12(4-6-16-7-5-12)11-13-8-9(18-11)10(14)15-2/h8H,3-7H2,1-2H3. The number of ether oxygens (including phenoxy) is 3. The average molecular weight is 271 g/mol. The molecule has 1 saturated heterocycles. The summed E-state index contributed by atoms with van der Waals surface area (Å²) in [7, 11) is 1.37. The zero-order chi connectivity index (χ0) is 13.0. The number of esters is 1. The van der Waals surface area contributed by atoms with Gasteiger partial charge in [-0.2, -0.15) is 0 Å². The smallest absolute Gasteiger partial charge is 0.349 e. The normalized spacial score (nSPS) is 18.6. The van der Waals surface area contributed by atoms with Gasteiger partial charge in [0.25, 0.3) is 0 Å². The molecule has 2 rings (SSSR count). The van der Waals surface area contributed by atoms with Gasteiger partial charge in [0.2, 0.25) is 0 Å². The number of aromatic nitrogens is 1. The van der Waals surface area contributed by atoms with Crippen molar-refractivity contribution in [2.45, 2.75) is 25.4 Å². The molecular formula is C12H17NO4S. The monoisotopic (exact) mass is 271 g/mol. The molecule has 0 aliphatic carbocycles. The van der Waals surface area contributed by atoms with Crippen molar-refractivity contribution in [3.05, 3.63) is 16.1 Å². The van der Waals surface area contributed by atoms with E-state index in [1.165, 1.54) is 18.4 Å². The van der Waals surface area contributed by atoms with Crippen LogP contribution in [-0.4, -0.2) is 37.9 Å². The predicted molar refractivity (Wildman–Crippen MR) is 66.8 cm³/mol. The molecule has 1 aromatic rings. The van der Waals surface area contributed by atoms with Crippen molar-refractivity contribution in [3.8, 4) is 0 Å². The molecule has 0 radical (unpaired) electrons. The summed E-state index contributed by atoms with van der Waals surface area (Å²) in [6.45, 7) is 3.90. The molecule has 100 valence electrons. The number of hydrogen-bond donors (Lipinski definition) is 0. The molecule has 0 unspecified atom stereocenters. The summed E-state index contributed by atoms with van der Waals surface area (Å²) in [4.78, 5) is 16.3. The van der Waals surface area contributed by atoms with Crippen LogP contribution in [0.5, 0.6) is 0 Å². The van der Waals surface area contributed by atoms with Gasteiger partial charge in [0, 0.05) is 32.7 Å². The fourth-order valence-corrected chi connectivity index (χ4v) is 3.11. The number of rotatable bonds is 4. The van der Waals surface area contributed by atoms with Gasteiger partial charge in [0.15, 0.2) is 0 Å². The molecule has 1 aliphatic heterocycles. The molecule has 6 heteroatoms. The van der Waals surface area contributed by atoms with E-state index in [1.54, 1.807) is 6.20 Å². The summed E-state index contributed by atoms with van der Waals surface area (Å²) in [5, 5.41) is 0.841. The highest BCUT2D eigenvalue weighted by atomic mass is 32.1. The summed E-state index contributed by atoms with van der Waals surface area (Å²) in [5.41, 5.74) is -0.399. The van der Waals surface area contributed by atoms with Crippen LogP contribution in [0.15, 0.2) is 6.20 Å². The van der Waals surface area contributed by atoms with E-state index in [0.717, 1.165) is 17.8 Å². The summed E-state index contributed by atoms with van der Waals surface area (Å²) < 4.78 is 16.0. The number of hydrogen-bond acceptors (Lipinski definition) is 6. The third kappa shape index (κ3) is 2.55. The topological polar surface area (TPSA) is 57.7 Å². The van der Waals surface area contributed by atoms with E-state index in [2.05, 4.69) is 4.98 Å². The molecule has 0 spiro atoms. The molecule has 0 saturated carbocycles. The minimum absolute atomic E-state index is 0.350. The maximum atomic E-state index is 11.5. The SMILES string of the molecule is CCOC1(c2ncc(C(=O)OC)s2)CCOCC1. The van der Waals surface area contributed by atoms with Crippen molar-refractivity contribution in [2.75, 3.05) is 26.9 Å². The molecule has 2 heterocycles. The molecule has 1 aromatic heterocycles. The van der Waals surface area contributed by atoms with E-state index in [9.17, 15) is 4.79 Å². The fourth-order valence-electron chi connectivity index (χ4n) is 2.08. The Balaban J connectivity index is 2.25. The average Bonchev–Trinajstić information content (AvgIpc) is 2.89. The Hall–Kier alpha value is -0.980. The summed E-state index contributed by atoms with van der Waals surface area (Å²) in [6, 6.07) is 0. The lowest BCUT2D eigenvalue weighted by Crippen LogP contribution is -2.36. The van der Waals surface area contributed by atoms with Crippen molar-refractivity contribution in [3.63, 3.8) is 0 Å². The Bertz CT molecular complexity index is 406. The zero-order valence-electron chi connectivity index (χ0n) is 10.6. The van der Waals surface area contributed by atoms with Crippen LogP contribution in [0.3, 0.4) is 0 Å². The van der Waals surface area contributed by atoms with Crippen LogP contribution in [0.4, 0.5) is 0 Å². The zero-order valence-corrected chi connectivity index (χ0v) is 11.4. The van der Waals surface area contributed by atoms with Gasteiger partial charge in [-0.3, -0.25) is 0 Å². The Kier molecular flexibility index (Phi) is 4.31.